The van der Waals surface area contributed by atoms with Crippen molar-refractivity contribution in [3.8, 4) is 66.8 Å². The van der Waals surface area contributed by atoms with Gasteiger partial charge >= 0.3 is 0 Å². The largest absolute Gasteiger partial charge is 0.455 e. The summed E-state index contributed by atoms with van der Waals surface area (Å²) in [5.74, 6) is 0. The van der Waals surface area contributed by atoms with Crippen molar-refractivity contribution in [1.82, 2.24) is 0 Å². The van der Waals surface area contributed by atoms with E-state index >= 15 is 0 Å². The standard InChI is InChI=1S/C120H60O6/c1-13-37-73-61(25-1)49-85-86-50-62-26-3-15-39-75(62)99-100-76-40-16-4-29-65(76)53-89(112(100)122-110(86)99)90-54-66-30-6-19-43-79(66)103-104-80-44-20-8-33-69(80)57-93(116(104)124-114(90)103)94-58-70-34-10-23-47-83(70)107-108-84-48-24-12-36-72(84)60-96(120(108)126-118(94)107)95-59-71-35-11-22-46-82(71)106-105-81-45-21-9-32-68(81)56-92(117(105)125-119(95)106)91-55-67-31-7-18-42-78(67)102-101-77-41-17-5-28-64(77)52-88(113(101)123-115(91)102)87-51-63-27-2-14-38-74(63)98-97(73)109(85)121-111(87)98/h1-60H. The highest BCUT2D eigenvalue weighted by Gasteiger charge is 2.34. The molecule has 30 aromatic rings. The predicted molar refractivity (Wildman–Crippen MR) is 526 cm³/mol. The molecule has 1 aliphatic carbocycles. The maximum Gasteiger partial charge on any atom is 0.144 e. The first-order valence-corrected chi connectivity index (χ1v) is 43.3. The molecule has 36 bridgehead atoms. The smallest absolute Gasteiger partial charge is 0.144 e. The van der Waals surface area contributed by atoms with Crippen molar-refractivity contribution in [2.24, 2.45) is 0 Å². The van der Waals surface area contributed by atoms with Crippen molar-refractivity contribution in [1.29, 1.82) is 0 Å². The monoisotopic (exact) mass is 1600 g/mol. The molecule has 0 fully saturated rings. The SMILES string of the molecule is c1ccc2c(c1)cc1c3oc4c(cc5ccccc5c4c32)-c2cc3ccccc3c3c2oc2c(cc4ccccc4c23)-c2cc3ccccc3c3c2oc2c(cc4ccccc4c23)-c2cc3ccccc3c3c2oc2c(cc4ccccc4c23)-c2cc3ccccc3c3c2oc2c(cc4ccccc4c23)-c2cc3ccccc3c3c2oc2c-1cc1ccccc1c23. The molecule has 576 valence electrons. The minimum absolute atomic E-state index is 0.751. The van der Waals surface area contributed by atoms with Gasteiger partial charge in [-0.05, 0) is 202 Å². The van der Waals surface area contributed by atoms with E-state index in [1.165, 1.54) is 0 Å². The van der Waals surface area contributed by atoms with E-state index in [-0.39, 0.29) is 0 Å². The summed E-state index contributed by atoms with van der Waals surface area (Å²) in [7, 11) is 0. The Labute approximate surface area is 713 Å². The number of rotatable bonds is 0. The predicted octanol–water partition coefficient (Wildman–Crippen LogP) is 35.2. The summed E-state index contributed by atoms with van der Waals surface area (Å²) in [5, 5.41) is 38.0. The van der Waals surface area contributed by atoms with Gasteiger partial charge in [-0.3, -0.25) is 0 Å². The maximum atomic E-state index is 8.16. The van der Waals surface area contributed by atoms with E-state index in [4.69, 9.17) is 26.5 Å². The van der Waals surface area contributed by atoms with Crippen molar-refractivity contribution in [2.75, 3.05) is 0 Å². The Morgan fingerprint density at radius 1 is 0.0952 bits per heavy atom. The second-order valence-electron chi connectivity index (χ2n) is 34.8. The maximum absolute atomic E-state index is 8.16. The molecule has 0 saturated carbocycles. The van der Waals surface area contributed by atoms with Gasteiger partial charge in [-0.2, -0.15) is 0 Å². The summed E-state index contributed by atoms with van der Waals surface area (Å²) in [5.41, 5.74) is 19.9. The number of fused-ring (bicyclic) bond motifs is 18. The summed E-state index contributed by atoms with van der Waals surface area (Å²) in [4.78, 5) is 0. The minimum Gasteiger partial charge on any atom is -0.455 e. The molecular formula is C120H60O6. The van der Waals surface area contributed by atoms with Crippen LogP contribution in [0.4, 0.5) is 0 Å². The molecule has 24 aromatic carbocycles. The van der Waals surface area contributed by atoms with Gasteiger partial charge in [-0.1, -0.05) is 291 Å². The molecule has 0 amide bonds. The zero-order valence-electron chi connectivity index (χ0n) is 67.1. The lowest BCUT2D eigenvalue weighted by Gasteiger charge is -2.11. The van der Waals surface area contributed by atoms with Gasteiger partial charge in [0.2, 0.25) is 0 Å². The number of benzene rings is 24. The van der Waals surface area contributed by atoms with Gasteiger partial charge in [-0.15, -0.1) is 0 Å². The number of hydrogen-bond acceptors (Lipinski definition) is 6. The quantitative estimate of drug-likeness (QED) is 0.151. The molecule has 6 aromatic heterocycles. The van der Waals surface area contributed by atoms with Crippen LogP contribution in [0.5, 0.6) is 0 Å². The number of furan rings is 6. The molecule has 0 saturated heterocycles. The van der Waals surface area contributed by atoms with Crippen molar-refractivity contribution in [2.45, 2.75) is 0 Å². The van der Waals surface area contributed by atoms with Gasteiger partial charge in [0.25, 0.3) is 0 Å². The van der Waals surface area contributed by atoms with E-state index in [1.54, 1.807) is 0 Å². The second kappa shape index (κ2) is 23.7. The lowest BCUT2D eigenvalue weighted by molar-refractivity contribution is 0.662. The van der Waals surface area contributed by atoms with Crippen LogP contribution < -0.4 is 0 Å². The summed E-state index contributed by atoms with van der Waals surface area (Å²) < 4.78 is 48.9. The van der Waals surface area contributed by atoms with Crippen molar-refractivity contribution < 1.29 is 26.5 Å². The minimum atomic E-state index is 0.751. The van der Waals surface area contributed by atoms with Crippen LogP contribution in [0.25, 0.3) is 328 Å². The molecule has 0 unspecified atom stereocenters. The van der Waals surface area contributed by atoms with Crippen molar-refractivity contribution >= 4 is 261 Å². The van der Waals surface area contributed by atoms with Crippen LogP contribution in [0.1, 0.15) is 0 Å². The van der Waals surface area contributed by atoms with Crippen LogP contribution in [0, 0.1) is 0 Å². The van der Waals surface area contributed by atoms with E-state index in [9.17, 15) is 0 Å². The van der Waals surface area contributed by atoms with Crippen LogP contribution in [0.15, 0.2) is 390 Å². The third-order valence-electron chi connectivity index (χ3n) is 28.5. The van der Waals surface area contributed by atoms with Crippen LogP contribution in [0.3, 0.4) is 0 Å². The molecular weight excluding hydrogens is 1540 g/mol. The normalized spacial score (nSPS) is 12.8. The summed E-state index contributed by atoms with van der Waals surface area (Å²) >= 11 is 0. The van der Waals surface area contributed by atoms with Crippen LogP contribution in [-0.4, -0.2) is 0 Å². The molecule has 31 rings (SSSR count). The third-order valence-corrected chi connectivity index (χ3v) is 28.5. The van der Waals surface area contributed by atoms with Gasteiger partial charge < -0.3 is 26.5 Å². The van der Waals surface area contributed by atoms with E-state index < -0.39 is 0 Å². The van der Waals surface area contributed by atoms with E-state index in [1.807, 2.05) is 0 Å². The first-order chi connectivity index (χ1) is 62.5. The average molecular weight is 1600 g/mol. The molecule has 126 heavy (non-hydrogen) atoms. The molecule has 6 heteroatoms. The molecule has 1 aliphatic rings. The van der Waals surface area contributed by atoms with Crippen LogP contribution in [0.2, 0.25) is 0 Å². The lowest BCUT2D eigenvalue weighted by atomic mass is 9.88. The number of hydrogen-bond donors (Lipinski definition) is 0. The van der Waals surface area contributed by atoms with Gasteiger partial charge in [0.15, 0.2) is 0 Å². The molecule has 6 heterocycles. The van der Waals surface area contributed by atoms with E-state index in [0.717, 1.165) is 328 Å². The Hall–Kier alpha value is -16.8. The van der Waals surface area contributed by atoms with Crippen molar-refractivity contribution in [3.05, 3.63) is 364 Å². The van der Waals surface area contributed by atoms with Gasteiger partial charge in [0, 0.05) is 131 Å². The van der Waals surface area contributed by atoms with Crippen LogP contribution in [-0.2, 0) is 0 Å². The highest BCUT2D eigenvalue weighted by atomic mass is 16.4. The van der Waals surface area contributed by atoms with E-state index in [2.05, 4.69) is 364 Å². The zero-order valence-corrected chi connectivity index (χ0v) is 67.1. The Kier molecular flexibility index (Phi) is 12.4. The lowest BCUT2D eigenvalue weighted by Crippen LogP contribution is -1.86. The fourth-order valence-electron chi connectivity index (χ4n) is 23.2. The summed E-state index contributed by atoms with van der Waals surface area (Å²) in [6.07, 6.45) is 0. The molecule has 0 atom stereocenters. The third kappa shape index (κ3) is 8.41. The Bertz CT molecular complexity index is 8300. The zero-order chi connectivity index (χ0) is 81.3. The summed E-state index contributed by atoms with van der Waals surface area (Å²) in [6, 6.07) is 134. The highest BCUT2D eigenvalue weighted by Crippen LogP contribution is 2.59. The molecule has 0 aliphatic heterocycles. The van der Waals surface area contributed by atoms with Gasteiger partial charge in [0.1, 0.15) is 67.0 Å². The first kappa shape index (κ1) is 66.0. The second-order valence-corrected chi connectivity index (χ2v) is 34.8. The Balaban J connectivity index is 0.825. The summed E-state index contributed by atoms with van der Waals surface area (Å²) in [6.45, 7) is 0. The van der Waals surface area contributed by atoms with E-state index in [0.29, 0.717) is 0 Å². The molecule has 0 N–H and O–H groups in total. The van der Waals surface area contributed by atoms with Gasteiger partial charge in [-0.25, -0.2) is 0 Å². The topological polar surface area (TPSA) is 78.8 Å². The van der Waals surface area contributed by atoms with Crippen LogP contribution >= 0.6 is 0 Å². The molecule has 6 nitrogen and oxygen atoms in total. The fourth-order valence-corrected chi connectivity index (χ4v) is 23.2. The fraction of sp³-hybridized carbons (Fsp3) is 0. The average Bonchev–Trinajstić information content (AvgIpc) is 1.53. The Morgan fingerprint density at radius 3 is 0.262 bits per heavy atom. The highest BCUT2D eigenvalue weighted by molar-refractivity contribution is 6.41. The first-order valence-electron chi connectivity index (χ1n) is 43.3. The molecule has 0 radical (unpaired) electrons. The van der Waals surface area contributed by atoms with Gasteiger partial charge in [0.05, 0.1) is 0 Å². The van der Waals surface area contributed by atoms with Crippen molar-refractivity contribution in [3.63, 3.8) is 0 Å². The Morgan fingerprint density at radius 2 is 0.175 bits per heavy atom. The molecule has 0 spiro atoms.